The van der Waals surface area contributed by atoms with Crippen LogP contribution in [0.2, 0.25) is 0 Å². The van der Waals surface area contributed by atoms with E-state index in [0.717, 1.165) is 55.3 Å². The predicted molar refractivity (Wildman–Crippen MR) is 164 cm³/mol. The van der Waals surface area contributed by atoms with Crippen LogP contribution in [0.4, 0.5) is 0 Å². The van der Waals surface area contributed by atoms with E-state index in [9.17, 15) is 0 Å². The number of aliphatic imine (C=N–C) groups is 3. The van der Waals surface area contributed by atoms with Gasteiger partial charge in [0, 0.05) is 34.5 Å². The van der Waals surface area contributed by atoms with Crippen molar-refractivity contribution >= 4 is 62.6 Å². The first-order valence-corrected chi connectivity index (χ1v) is 12.8. The van der Waals surface area contributed by atoms with Gasteiger partial charge >= 0.3 is 0 Å². The zero-order chi connectivity index (χ0) is 26.3. The maximum Gasteiger partial charge on any atom is 0.156 e. The summed E-state index contributed by atoms with van der Waals surface area (Å²) in [6.45, 7) is 3.45. The summed E-state index contributed by atoms with van der Waals surface area (Å²) in [7, 11) is 1.72. The smallest absolute Gasteiger partial charge is 0.156 e. The van der Waals surface area contributed by atoms with Gasteiger partial charge in [-0.05, 0) is 60.3 Å². The van der Waals surface area contributed by atoms with Crippen LogP contribution in [0.25, 0.3) is 60.6 Å². The molecule has 0 fully saturated rings. The summed E-state index contributed by atoms with van der Waals surface area (Å²) >= 11 is 0. The van der Waals surface area contributed by atoms with Gasteiger partial charge in [-0.1, -0.05) is 66.7 Å². The number of hydrogen-bond donors (Lipinski definition) is 0. The Hall–Kier alpha value is -5.29. The topological polar surface area (TPSA) is 55.1 Å². The molecular formula is C34H24N4O. The molecule has 0 spiro atoms. The van der Waals surface area contributed by atoms with Gasteiger partial charge in [0.05, 0.1) is 16.4 Å². The van der Waals surface area contributed by atoms with Crippen LogP contribution in [-0.2, 0) is 0 Å². The molecule has 5 aromatic carbocycles. The molecule has 0 N–H and O–H groups in total. The van der Waals surface area contributed by atoms with Crippen LogP contribution in [0.1, 0.15) is 5.56 Å². The minimum Gasteiger partial charge on any atom is -0.456 e. The van der Waals surface area contributed by atoms with E-state index in [-0.39, 0.29) is 0 Å². The van der Waals surface area contributed by atoms with E-state index in [0.29, 0.717) is 5.84 Å². The molecule has 5 heteroatoms. The number of fused-ring (bicyclic) bond motifs is 7. The molecule has 2 aromatic heterocycles. The molecule has 0 aliphatic carbocycles. The molecule has 0 saturated carbocycles. The zero-order valence-corrected chi connectivity index (χ0v) is 21.4. The SMILES string of the molecule is C=N/C=N\C(=N/C)c1ccc(-c2ccc3c(c2)c2ccc4oc5ccccc5c4c2n3-c2ccccc2)cc1. The minimum atomic E-state index is 0.617. The molecule has 0 aliphatic rings. The summed E-state index contributed by atoms with van der Waals surface area (Å²) in [6, 6.07) is 38.1. The fourth-order valence-electron chi connectivity index (χ4n) is 5.51. The van der Waals surface area contributed by atoms with E-state index in [1.807, 2.05) is 24.3 Å². The highest BCUT2D eigenvalue weighted by molar-refractivity contribution is 6.24. The zero-order valence-electron chi connectivity index (χ0n) is 21.4. The molecule has 5 nitrogen and oxygen atoms in total. The number of furan rings is 1. The van der Waals surface area contributed by atoms with Crippen molar-refractivity contribution in [1.29, 1.82) is 0 Å². The number of para-hydroxylation sites is 2. The van der Waals surface area contributed by atoms with Crippen LogP contribution in [-0.4, -0.2) is 30.5 Å². The molecule has 2 heterocycles. The number of benzene rings is 5. The second-order valence-corrected chi connectivity index (χ2v) is 9.39. The molecular weight excluding hydrogens is 480 g/mol. The molecule has 7 aromatic rings. The largest absolute Gasteiger partial charge is 0.456 e. The first kappa shape index (κ1) is 22.9. The Morgan fingerprint density at radius 1 is 0.744 bits per heavy atom. The number of hydrogen-bond acceptors (Lipinski definition) is 2. The first-order chi connectivity index (χ1) is 19.3. The predicted octanol–water partition coefficient (Wildman–Crippen LogP) is 8.46. The highest BCUT2D eigenvalue weighted by Gasteiger charge is 2.19. The summed E-state index contributed by atoms with van der Waals surface area (Å²) in [5.74, 6) is 0.617. The number of aromatic nitrogens is 1. The highest BCUT2D eigenvalue weighted by Crippen LogP contribution is 2.41. The second-order valence-electron chi connectivity index (χ2n) is 9.39. The lowest BCUT2D eigenvalue weighted by molar-refractivity contribution is 0.669. The van der Waals surface area contributed by atoms with Crippen molar-refractivity contribution in [2.45, 2.75) is 0 Å². The van der Waals surface area contributed by atoms with Gasteiger partial charge in [-0.3, -0.25) is 9.98 Å². The number of amidine groups is 1. The summed E-state index contributed by atoms with van der Waals surface area (Å²) in [5, 5.41) is 4.64. The van der Waals surface area contributed by atoms with Gasteiger partial charge < -0.3 is 8.98 Å². The normalized spacial score (nSPS) is 12.4. The molecule has 0 bridgehead atoms. The average Bonchev–Trinajstić information content (AvgIpc) is 3.53. The van der Waals surface area contributed by atoms with E-state index in [2.05, 4.69) is 111 Å². The molecule has 0 saturated heterocycles. The van der Waals surface area contributed by atoms with E-state index in [1.54, 1.807) is 7.05 Å². The second kappa shape index (κ2) is 9.23. The van der Waals surface area contributed by atoms with Gasteiger partial charge in [0.2, 0.25) is 0 Å². The van der Waals surface area contributed by atoms with E-state index in [4.69, 9.17) is 4.42 Å². The third kappa shape index (κ3) is 3.67. The van der Waals surface area contributed by atoms with Crippen LogP contribution in [0.15, 0.2) is 129 Å². The maximum atomic E-state index is 6.26. The van der Waals surface area contributed by atoms with Crippen molar-refractivity contribution < 1.29 is 4.42 Å². The van der Waals surface area contributed by atoms with Crippen LogP contribution >= 0.6 is 0 Å². The molecule has 0 radical (unpaired) electrons. The van der Waals surface area contributed by atoms with Gasteiger partial charge in [-0.2, -0.15) is 0 Å². The Labute approximate surface area is 225 Å². The van der Waals surface area contributed by atoms with E-state index >= 15 is 0 Å². The lowest BCUT2D eigenvalue weighted by Crippen LogP contribution is -1.97. The third-order valence-corrected chi connectivity index (χ3v) is 7.23. The van der Waals surface area contributed by atoms with Crippen molar-refractivity contribution in [3.8, 4) is 16.8 Å². The van der Waals surface area contributed by atoms with Crippen molar-refractivity contribution in [2.75, 3.05) is 7.05 Å². The molecule has 0 aliphatic heterocycles. The quantitative estimate of drug-likeness (QED) is 0.175. The minimum absolute atomic E-state index is 0.617. The van der Waals surface area contributed by atoms with Crippen LogP contribution in [0.3, 0.4) is 0 Å². The Morgan fingerprint density at radius 2 is 1.51 bits per heavy atom. The molecule has 7 rings (SSSR count). The molecule has 39 heavy (non-hydrogen) atoms. The lowest BCUT2D eigenvalue weighted by Gasteiger charge is -2.09. The summed E-state index contributed by atoms with van der Waals surface area (Å²) in [4.78, 5) is 12.2. The third-order valence-electron chi connectivity index (χ3n) is 7.23. The summed E-state index contributed by atoms with van der Waals surface area (Å²) < 4.78 is 8.62. The van der Waals surface area contributed by atoms with Gasteiger partial charge in [0.25, 0.3) is 0 Å². The van der Waals surface area contributed by atoms with Crippen molar-refractivity contribution in [3.05, 3.63) is 115 Å². The summed E-state index contributed by atoms with van der Waals surface area (Å²) in [5.41, 5.74) is 8.41. The fourth-order valence-corrected chi connectivity index (χ4v) is 5.51. The van der Waals surface area contributed by atoms with E-state index < -0.39 is 0 Å². The Morgan fingerprint density at radius 3 is 2.31 bits per heavy atom. The van der Waals surface area contributed by atoms with Gasteiger partial charge in [-0.25, -0.2) is 4.99 Å². The number of rotatable bonds is 4. The van der Waals surface area contributed by atoms with Crippen molar-refractivity contribution in [1.82, 2.24) is 4.57 Å². The van der Waals surface area contributed by atoms with Gasteiger partial charge in [-0.15, -0.1) is 0 Å². The lowest BCUT2D eigenvalue weighted by atomic mass is 10.0. The van der Waals surface area contributed by atoms with Gasteiger partial charge in [0.15, 0.2) is 5.84 Å². The van der Waals surface area contributed by atoms with Crippen LogP contribution in [0, 0.1) is 0 Å². The number of nitrogens with zero attached hydrogens (tertiary/aromatic N) is 4. The standard InChI is InChI=1S/C34H24N4O/c1-35-21-37-34(36-2)23-14-12-22(13-15-23)24-16-18-29-28(20-24)26-17-19-31-32(27-10-6-7-11-30(27)39-31)33(26)38(29)25-8-4-3-5-9-25/h3-21H,1H2,2H3/b36-34-,37-21-. The first-order valence-electron chi connectivity index (χ1n) is 12.8. The highest BCUT2D eigenvalue weighted by atomic mass is 16.3. The maximum absolute atomic E-state index is 6.26. The van der Waals surface area contributed by atoms with Crippen LogP contribution < -0.4 is 0 Å². The molecule has 0 atom stereocenters. The monoisotopic (exact) mass is 504 g/mol. The summed E-state index contributed by atoms with van der Waals surface area (Å²) in [6.07, 6.45) is 1.41. The Balaban J connectivity index is 1.47. The molecule has 0 amide bonds. The van der Waals surface area contributed by atoms with Crippen LogP contribution in [0.5, 0.6) is 0 Å². The average molecular weight is 505 g/mol. The fraction of sp³-hybridized carbons (Fsp3) is 0.0294. The molecule has 186 valence electrons. The van der Waals surface area contributed by atoms with Crippen molar-refractivity contribution in [3.63, 3.8) is 0 Å². The Kier molecular flexibility index (Phi) is 5.41. The van der Waals surface area contributed by atoms with Crippen molar-refractivity contribution in [2.24, 2.45) is 15.0 Å². The van der Waals surface area contributed by atoms with E-state index in [1.165, 1.54) is 17.1 Å². The Bertz CT molecular complexity index is 2080. The van der Waals surface area contributed by atoms with Gasteiger partial charge in [0.1, 0.15) is 17.5 Å². The molecule has 0 unspecified atom stereocenters.